The molecule has 0 aromatic heterocycles. The fourth-order valence-electron chi connectivity index (χ4n) is 2.06. The maximum Gasteiger partial charge on any atom is 0.324 e. The summed E-state index contributed by atoms with van der Waals surface area (Å²) < 4.78 is 0. The van der Waals surface area contributed by atoms with Crippen LogP contribution in [0.3, 0.4) is 0 Å². The minimum atomic E-state index is -0.730. The molecular formula is C11H22N2O2. The average molecular weight is 214 g/mol. The van der Waals surface area contributed by atoms with Crippen LogP contribution in [-0.2, 0) is 4.79 Å². The second-order valence-corrected chi connectivity index (χ2v) is 4.70. The van der Waals surface area contributed by atoms with Gasteiger partial charge >= 0.3 is 5.97 Å². The van der Waals surface area contributed by atoms with Crippen molar-refractivity contribution in [3.8, 4) is 0 Å². The van der Waals surface area contributed by atoms with Crippen molar-refractivity contribution in [1.29, 1.82) is 0 Å². The first-order valence-electron chi connectivity index (χ1n) is 5.68. The molecule has 0 aliphatic carbocycles. The monoisotopic (exact) mass is 214 g/mol. The van der Waals surface area contributed by atoms with Crippen LogP contribution < -0.4 is 5.32 Å². The lowest BCUT2D eigenvalue weighted by Crippen LogP contribution is -2.57. The Hall–Kier alpha value is -0.610. The molecule has 1 atom stereocenters. The van der Waals surface area contributed by atoms with Crippen LogP contribution in [0.15, 0.2) is 0 Å². The van der Waals surface area contributed by atoms with Crippen LogP contribution in [0.1, 0.15) is 27.2 Å². The molecule has 0 radical (unpaired) electrons. The highest BCUT2D eigenvalue weighted by molar-refractivity contribution is 5.78. The minimum Gasteiger partial charge on any atom is -0.480 e. The lowest BCUT2D eigenvalue weighted by atomic mass is 9.86. The van der Waals surface area contributed by atoms with Crippen molar-refractivity contribution in [3.63, 3.8) is 0 Å². The Bertz CT molecular complexity index is 223. The van der Waals surface area contributed by atoms with Gasteiger partial charge in [0.1, 0.15) is 5.54 Å². The molecule has 4 heteroatoms. The van der Waals surface area contributed by atoms with Gasteiger partial charge in [0.25, 0.3) is 0 Å². The van der Waals surface area contributed by atoms with Crippen LogP contribution in [0.4, 0.5) is 0 Å². The summed E-state index contributed by atoms with van der Waals surface area (Å²) in [7, 11) is 0. The van der Waals surface area contributed by atoms with E-state index in [2.05, 4.69) is 10.2 Å². The van der Waals surface area contributed by atoms with E-state index >= 15 is 0 Å². The van der Waals surface area contributed by atoms with E-state index in [4.69, 9.17) is 0 Å². The number of aliphatic carboxylic acids is 1. The Kier molecular flexibility index (Phi) is 4.11. The lowest BCUT2D eigenvalue weighted by molar-refractivity contribution is -0.153. The zero-order valence-electron chi connectivity index (χ0n) is 9.92. The highest BCUT2D eigenvalue weighted by Gasteiger charge is 2.42. The first-order valence-corrected chi connectivity index (χ1v) is 5.68. The van der Waals surface area contributed by atoms with E-state index in [1.54, 1.807) is 0 Å². The highest BCUT2D eigenvalue weighted by atomic mass is 16.4. The summed E-state index contributed by atoms with van der Waals surface area (Å²) in [4.78, 5) is 13.5. The Labute approximate surface area is 91.6 Å². The summed E-state index contributed by atoms with van der Waals surface area (Å²) in [5, 5.41) is 12.7. The molecule has 1 saturated heterocycles. The molecule has 1 unspecified atom stereocenters. The van der Waals surface area contributed by atoms with Crippen LogP contribution in [0.5, 0.6) is 0 Å². The van der Waals surface area contributed by atoms with Crippen molar-refractivity contribution in [2.24, 2.45) is 5.92 Å². The van der Waals surface area contributed by atoms with Gasteiger partial charge in [0.05, 0.1) is 0 Å². The third kappa shape index (κ3) is 2.49. The van der Waals surface area contributed by atoms with Crippen molar-refractivity contribution in [1.82, 2.24) is 10.2 Å². The second kappa shape index (κ2) is 4.94. The molecule has 1 aliphatic heterocycles. The van der Waals surface area contributed by atoms with E-state index < -0.39 is 11.5 Å². The van der Waals surface area contributed by atoms with Crippen LogP contribution in [0, 0.1) is 5.92 Å². The quantitative estimate of drug-likeness (QED) is 0.729. The summed E-state index contributed by atoms with van der Waals surface area (Å²) >= 11 is 0. The van der Waals surface area contributed by atoms with E-state index in [0.717, 1.165) is 32.6 Å². The van der Waals surface area contributed by atoms with E-state index in [0.29, 0.717) is 0 Å². The minimum absolute atomic E-state index is 0.119. The zero-order valence-corrected chi connectivity index (χ0v) is 9.92. The SMILES string of the molecule is CC(C)C(C)(C(=O)O)N1CCCNCC1. The van der Waals surface area contributed by atoms with E-state index in [1.165, 1.54) is 0 Å². The van der Waals surface area contributed by atoms with Gasteiger partial charge in [-0.3, -0.25) is 9.69 Å². The zero-order chi connectivity index (χ0) is 11.5. The van der Waals surface area contributed by atoms with Crippen molar-refractivity contribution in [2.75, 3.05) is 26.2 Å². The van der Waals surface area contributed by atoms with Gasteiger partial charge in [-0.1, -0.05) is 13.8 Å². The van der Waals surface area contributed by atoms with E-state index in [9.17, 15) is 9.90 Å². The molecule has 0 amide bonds. The van der Waals surface area contributed by atoms with E-state index in [-0.39, 0.29) is 5.92 Å². The van der Waals surface area contributed by atoms with Gasteiger partial charge < -0.3 is 10.4 Å². The maximum atomic E-state index is 11.4. The Morgan fingerprint density at radius 3 is 2.60 bits per heavy atom. The standard InChI is InChI=1S/C11H22N2O2/c1-9(2)11(3,10(14)15)13-7-4-5-12-6-8-13/h9,12H,4-8H2,1-3H3,(H,14,15). The van der Waals surface area contributed by atoms with Gasteiger partial charge in [0, 0.05) is 19.6 Å². The summed E-state index contributed by atoms with van der Waals surface area (Å²) in [5.74, 6) is -0.590. The third-order valence-electron chi connectivity index (χ3n) is 3.55. The van der Waals surface area contributed by atoms with Crippen LogP contribution in [0.25, 0.3) is 0 Å². The van der Waals surface area contributed by atoms with Crippen LogP contribution in [0.2, 0.25) is 0 Å². The summed E-state index contributed by atoms with van der Waals surface area (Å²) in [6, 6.07) is 0. The average Bonchev–Trinajstić information content (AvgIpc) is 2.43. The fraction of sp³-hybridized carbons (Fsp3) is 0.909. The highest BCUT2D eigenvalue weighted by Crippen LogP contribution is 2.25. The number of rotatable bonds is 3. The first-order chi connectivity index (χ1) is 6.99. The van der Waals surface area contributed by atoms with E-state index in [1.807, 2.05) is 20.8 Å². The molecule has 1 fully saturated rings. The number of hydrogen-bond donors (Lipinski definition) is 2. The number of carboxylic acid groups (broad SMARTS) is 1. The Morgan fingerprint density at radius 1 is 1.40 bits per heavy atom. The number of hydrogen-bond acceptors (Lipinski definition) is 3. The first kappa shape index (κ1) is 12.5. The molecule has 0 aromatic rings. The molecule has 1 rings (SSSR count). The van der Waals surface area contributed by atoms with Crippen molar-refractivity contribution >= 4 is 5.97 Å². The van der Waals surface area contributed by atoms with Gasteiger partial charge in [-0.05, 0) is 25.8 Å². The predicted octanol–water partition coefficient (Wildman–Crippen LogP) is 0.781. The normalized spacial score (nSPS) is 23.5. The van der Waals surface area contributed by atoms with Crippen molar-refractivity contribution < 1.29 is 9.90 Å². The van der Waals surface area contributed by atoms with Crippen LogP contribution in [-0.4, -0.2) is 47.7 Å². The molecule has 2 N–H and O–H groups in total. The Balaban J connectivity index is 2.82. The smallest absolute Gasteiger partial charge is 0.324 e. The van der Waals surface area contributed by atoms with Gasteiger partial charge in [-0.15, -0.1) is 0 Å². The summed E-state index contributed by atoms with van der Waals surface area (Å²) in [6.07, 6.45) is 1.02. The molecule has 4 nitrogen and oxygen atoms in total. The molecule has 0 aromatic carbocycles. The van der Waals surface area contributed by atoms with Crippen molar-refractivity contribution in [3.05, 3.63) is 0 Å². The molecule has 0 spiro atoms. The second-order valence-electron chi connectivity index (χ2n) is 4.70. The maximum absolute atomic E-state index is 11.4. The summed E-state index contributed by atoms with van der Waals surface area (Å²) in [6.45, 7) is 9.36. The molecule has 1 heterocycles. The number of carboxylic acids is 1. The molecule has 0 saturated carbocycles. The lowest BCUT2D eigenvalue weighted by Gasteiger charge is -2.40. The van der Waals surface area contributed by atoms with Gasteiger partial charge in [-0.25, -0.2) is 0 Å². The number of carbonyl (C=O) groups is 1. The predicted molar refractivity (Wildman–Crippen MR) is 59.9 cm³/mol. The largest absolute Gasteiger partial charge is 0.480 e. The molecular weight excluding hydrogens is 192 g/mol. The number of nitrogens with one attached hydrogen (secondary N) is 1. The molecule has 0 bridgehead atoms. The Morgan fingerprint density at radius 2 is 2.07 bits per heavy atom. The van der Waals surface area contributed by atoms with Crippen molar-refractivity contribution in [2.45, 2.75) is 32.7 Å². The van der Waals surface area contributed by atoms with Gasteiger partial charge in [-0.2, -0.15) is 0 Å². The molecule has 1 aliphatic rings. The molecule has 88 valence electrons. The summed E-state index contributed by atoms with van der Waals surface area (Å²) in [5.41, 5.74) is -0.730. The van der Waals surface area contributed by atoms with Gasteiger partial charge in [0.2, 0.25) is 0 Å². The molecule has 15 heavy (non-hydrogen) atoms. The third-order valence-corrected chi connectivity index (χ3v) is 3.55. The fourth-order valence-corrected chi connectivity index (χ4v) is 2.06. The topological polar surface area (TPSA) is 52.6 Å². The van der Waals surface area contributed by atoms with Gasteiger partial charge in [0.15, 0.2) is 0 Å². The van der Waals surface area contributed by atoms with Crippen LogP contribution >= 0.6 is 0 Å². The number of nitrogens with zero attached hydrogens (tertiary/aromatic N) is 1.